The van der Waals surface area contributed by atoms with Gasteiger partial charge in [-0.3, -0.25) is 9.59 Å². The van der Waals surface area contributed by atoms with E-state index in [2.05, 4.69) is 11.4 Å². The molecule has 6 rings (SSSR count). The van der Waals surface area contributed by atoms with Crippen molar-refractivity contribution in [3.8, 4) is 11.5 Å². The summed E-state index contributed by atoms with van der Waals surface area (Å²) in [5.74, 6) is -0.238. The molecule has 1 aliphatic carbocycles. The normalized spacial score (nSPS) is 14.6. The number of nitrogens with two attached hydrogens (primary N) is 1. The van der Waals surface area contributed by atoms with E-state index in [0.717, 1.165) is 35.2 Å². The third kappa shape index (κ3) is 4.96. The van der Waals surface area contributed by atoms with Crippen molar-refractivity contribution in [2.45, 2.75) is 19.3 Å². The van der Waals surface area contributed by atoms with Gasteiger partial charge >= 0.3 is 5.97 Å². The Morgan fingerprint density at radius 3 is 2.60 bits per heavy atom. The lowest BCUT2D eigenvalue weighted by Gasteiger charge is -2.22. The van der Waals surface area contributed by atoms with E-state index in [0.29, 0.717) is 45.6 Å². The van der Waals surface area contributed by atoms with Crippen LogP contribution in [-0.4, -0.2) is 36.2 Å². The van der Waals surface area contributed by atoms with Gasteiger partial charge in [0.15, 0.2) is 18.1 Å². The van der Waals surface area contributed by atoms with Gasteiger partial charge in [0.05, 0.1) is 16.8 Å². The summed E-state index contributed by atoms with van der Waals surface area (Å²) in [6.07, 6.45) is 4.37. The molecule has 0 unspecified atom stereocenters. The number of hydrogen-bond donors (Lipinski definition) is 2. The first kappa shape index (κ1) is 25.1. The number of aromatic nitrogens is 1. The number of primary amides is 1. The number of pyridine rings is 1. The minimum Gasteiger partial charge on any atom is -0.454 e. The summed E-state index contributed by atoms with van der Waals surface area (Å²) in [7, 11) is 0. The largest absolute Gasteiger partial charge is 0.454 e. The van der Waals surface area contributed by atoms with Crippen LogP contribution < -0.4 is 20.5 Å². The zero-order chi connectivity index (χ0) is 27.6. The summed E-state index contributed by atoms with van der Waals surface area (Å²) in [5, 5.41) is 3.34. The number of allylic oxidation sites excluding steroid dienone is 1. The zero-order valence-electron chi connectivity index (χ0n) is 21.4. The van der Waals surface area contributed by atoms with Crippen molar-refractivity contribution in [2.24, 2.45) is 5.73 Å². The molecule has 1 aliphatic heterocycles. The number of carbonyl (C=O) groups is 3. The molecule has 0 fully saturated rings. The zero-order valence-corrected chi connectivity index (χ0v) is 21.4. The summed E-state index contributed by atoms with van der Waals surface area (Å²) in [6.45, 7) is -0.265. The Labute approximate surface area is 229 Å². The first-order valence-corrected chi connectivity index (χ1v) is 12.9. The standard InChI is InChI=1S/C31H25N3O6/c32-30(36)19-9-11-21(12-10-19)33-27(35)16-38-31(37)28-22-5-1-2-7-24(22)34-29-20(4-3-6-23(28)29)14-18-8-13-25-26(15-18)40-17-39-25/h1-2,5,7-15H,3-4,6,16-17H2,(H2,32,36)(H,33,35). The lowest BCUT2D eigenvalue weighted by atomic mass is 9.86. The van der Waals surface area contributed by atoms with Crippen LogP contribution in [0.4, 0.5) is 5.69 Å². The quantitative estimate of drug-likeness (QED) is 0.341. The minimum absolute atomic E-state index is 0.205. The summed E-state index contributed by atoms with van der Waals surface area (Å²) in [5.41, 5.74) is 10.7. The maximum absolute atomic E-state index is 13.5. The molecule has 2 heterocycles. The van der Waals surface area contributed by atoms with Crippen LogP contribution in [0, 0.1) is 0 Å². The van der Waals surface area contributed by atoms with E-state index in [1.165, 1.54) is 12.1 Å². The molecule has 0 saturated carbocycles. The molecule has 40 heavy (non-hydrogen) atoms. The molecule has 3 N–H and O–H groups in total. The highest BCUT2D eigenvalue weighted by molar-refractivity contribution is 6.07. The van der Waals surface area contributed by atoms with E-state index in [9.17, 15) is 14.4 Å². The number of para-hydroxylation sites is 1. The predicted octanol–water partition coefficient (Wildman–Crippen LogP) is 4.73. The fourth-order valence-electron chi connectivity index (χ4n) is 5.03. The number of amides is 2. The highest BCUT2D eigenvalue weighted by Gasteiger charge is 2.26. The number of esters is 1. The number of benzene rings is 3. The van der Waals surface area contributed by atoms with E-state index in [1.807, 2.05) is 42.5 Å². The Morgan fingerprint density at radius 1 is 0.975 bits per heavy atom. The van der Waals surface area contributed by atoms with Crippen molar-refractivity contribution >= 4 is 46.0 Å². The van der Waals surface area contributed by atoms with Crippen LogP contribution in [0.3, 0.4) is 0 Å². The van der Waals surface area contributed by atoms with Crippen molar-refractivity contribution < 1.29 is 28.6 Å². The first-order valence-electron chi connectivity index (χ1n) is 12.9. The Balaban J connectivity index is 1.27. The smallest absolute Gasteiger partial charge is 0.339 e. The first-order chi connectivity index (χ1) is 19.5. The van der Waals surface area contributed by atoms with Gasteiger partial charge in [-0.25, -0.2) is 9.78 Å². The molecule has 1 aromatic heterocycles. The molecule has 0 bridgehead atoms. The molecule has 0 saturated heterocycles. The Hall–Kier alpha value is -5.18. The molecule has 9 nitrogen and oxygen atoms in total. The molecule has 0 spiro atoms. The van der Waals surface area contributed by atoms with Crippen LogP contribution in [0.5, 0.6) is 11.5 Å². The lowest BCUT2D eigenvalue weighted by molar-refractivity contribution is -0.119. The fourth-order valence-corrected chi connectivity index (χ4v) is 5.03. The van der Waals surface area contributed by atoms with E-state index in [4.69, 9.17) is 24.9 Å². The van der Waals surface area contributed by atoms with E-state index < -0.39 is 24.4 Å². The van der Waals surface area contributed by atoms with Crippen LogP contribution in [0.25, 0.3) is 22.6 Å². The van der Waals surface area contributed by atoms with Crippen LogP contribution in [-0.2, 0) is 16.0 Å². The number of carbonyl (C=O) groups excluding carboxylic acids is 3. The topological polar surface area (TPSA) is 130 Å². The second kappa shape index (κ2) is 10.5. The van der Waals surface area contributed by atoms with E-state index in [1.54, 1.807) is 12.1 Å². The van der Waals surface area contributed by atoms with Crippen LogP contribution >= 0.6 is 0 Å². The van der Waals surface area contributed by atoms with Gasteiger partial charge in [0.25, 0.3) is 5.91 Å². The van der Waals surface area contributed by atoms with Crippen LogP contribution in [0.2, 0.25) is 0 Å². The van der Waals surface area contributed by atoms with Crippen LogP contribution in [0.15, 0.2) is 66.7 Å². The maximum Gasteiger partial charge on any atom is 0.339 e. The van der Waals surface area contributed by atoms with Gasteiger partial charge in [0.1, 0.15) is 0 Å². The Kier molecular flexibility index (Phi) is 6.61. The third-order valence-corrected chi connectivity index (χ3v) is 6.90. The van der Waals surface area contributed by atoms with Crippen molar-refractivity contribution in [3.63, 3.8) is 0 Å². The van der Waals surface area contributed by atoms with Gasteiger partial charge < -0.3 is 25.3 Å². The van der Waals surface area contributed by atoms with Crippen molar-refractivity contribution in [1.82, 2.24) is 4.98 Å². The monoisotopic (exact) mass is 535 g/mol. The molecule has 3 aromatic carbocycles. The van der Waals surface area contributed by atoms with Gasteiger partial charge in [-0.2, -0.15) is 0 Å². The second-order valence-electron chi connectivity index (χ2n) is 9.53. The second-order valence-corrected chi connectivity index (χ2v) is 9.53. The third-order valence-electron chi connectivity index (χ3n) is 6.90. The molecular formula is C31H25N3O6. The van der Waals surface area contributed by atoms with E-state index >= 15 is 0 Å². The van der Waals surface area contributed by atoms with Crippen LogP contribution in [0.1, 0.15) is 50.4 Å². The van der Waals surface area contributed by atoms with Crippen molar-refractivity contribution in [2.75, 3.05) is 18.7 Å². The minimum atomic E-state index is -0.585. The van der Waals surface area contributed by atoms with Gasteiger partial charge in [-0.1, -0.05) is 24.3 Å². The van der Waals surface area contributed by atoms with Gasteiger partial charge in [-0.15, -0.1) is 0 Å². The average molecular weight is 536 g/mol. The number of anilines is 1. The van der Waals surface area contributed by atoms with Crippen molar-refractivity contribution in [1.29, 1.82) is 0 Å². The molecule has 2 amide bonds. The summed E-state index contributed by atoms with van der Waals surface area (Å²) >= 11 is 0. The number of ether oxygens (including phenoxy) is 3. The summed E-state index contributed by atoms with van der Waals surface area (Å²) in [4.78, 5) is 42.2. The molecule has 2 aliphatic rings. The van der Waals surface area contributed by atoms with Gasteiger partial charge in [0.2, 0.25) is 12.7 Å². The number of nitrogens with zero attached hydrogens (tertiary/aromatic N) is 1. The Morgan fingerprint density at radius 2 is 1.77 bits per heavy atom. The number of fused-ring (bicyclic) bond motifs is 3. The molecular weight excluding hydrogens is 510 g/mol. The number of nitrogens with one attached hydrogen (secondary N) is 1. The predicted molar refractivity (Wildman–Crippen MR) is 149 cm³/mol. The molecule has 0 radical (unpaired) electrons. The number of hydrogen-bond acceptors (Lipinski definition) is 7. The SMILES string of the molecule is NC(=O)c1ccc(NC(=O)COC(=O)c2c3c(nc4ccccc24)C(=Cc2ccc4c(c2)OCO4)CCC3)cc1. The number of rotatable bonds is 6. The molecule has 4 aromatic rings. The molecule has 9 heteroatoms. The fraction of sp³-hybridized carbons (Fsp3) is 0.161. The van der Waals surface area contributed by atoms with Gasteiger partial charge in [0, 0.05) is 16.6 Å². The molecule has 200 valence electrons. The maximum atomic E-state index is 13.5. The van der Waals surface area contributed by atoms with Crippen molar-refractivity contribution in [3.05, 3.63) is 94.7 Å². The summed E-state index contributed by atoms with van der Waals surface area (Å²) < 4.78 is 16.4. The average Bonchev–Trinajstić information content (AvgIpc) is 3.43. The highest BCUT2D eigenvalue weighted by Crippen LogP contribution is 2.38. The Bertz CT molecular complexity index is 1690. The lowest BCUT2D eigenvalue weighted by Crippen LogP contribution is -2.22. The highest BCUT2D eigenvalue weighted by atomic mass is 16.7. The summed E-state index contributed by atoms with van der Waals surface area (Å²) in [6, 6.07) is 19.3. The van der Waals surface area contributed by atoms with E-state index in [-0.39, 0.29) is 6.79 Å². The molecule has 0 atom stereocenters. The van der Waals surface area contributed by atoms with Gasteiger partial charge in [-0.05, 0) is 84.5 Å².